The van der Waals surface area contributed by atoms with E-state index in [4.69, 9.17) is 4.74 Å². The van der Waals surface area contributed by atoms with Crippen molar-refractivity contribution < 1.29 is 14.6 Å². The minimum atomic E-state index is -0.167. The molecule has 0 spiro atoms. The Kier molecular flexibility index (Phi) is 8.52. The average Bonchev–Trinajstić information content (AvgIpc) is 2.66. The third-order valence-electron chi connectivity index (χ3n) is 5.90. The Morgan fingerprint density at radius 2 is 1.87 bits per heavy atom. The number of aromatic hydroxyl groups is 1. The topological polar surface area (TPSA) is 46.5 Å². The van der Waals surface area contributed by atoms with Crippen LogP contribution in [0, 0.1) is 6.92 Å². The predicted octanol–water partition coefficient (Wildman–Crippen LogP) is 7.16. The number of benzene rings is 1. The monoisotopic (exact) mass is 410 g/mol. The van der Waals surface area contributed by atoms with E-state index >= 15 is 0 Å². The highest BCUT2D eigenvalue weighted by molar-refractivity contribution is 5.95. The van der Waals surface area contributed by atoms with Gasteiger partial charge in [-0.05, 0) is 109 Å². The van der Waals surface area contributed by atoms with E-state index < -0.39 is 0 Å². The molecule has 1 aromatic rings. The number of ketones is 1. The summed E-state index contributed by atoms with van der Waals surface area (Å²) in [6.07, 6.45) is 12.6. The molecule has 1 heterocycles. The van der Waals surface area contributed by atoms with Crippen LogP contribution in [0.4, 0.5) is 0 Å². The molecule has 3 heteroatoms. The van der Waals surface area contributed by atoms with Crippen molar-refractivity contribution in [1.29, 1.82) is 0 Å². The number of phenolic OH excluding ortho intramolecular Hbond substituents is 1. The van der Waals surface area contributed by atoms with Crippen LogP contribution in [-0.2, 0) is 11.2 Å². The van der Waals surface area contributed by atoms with E-state index in [1.54, 1.807) is 6.07 Å². The predicted molar refractivity (Wildman–Crippen MR) is 125 cm³/mol. The number of ether oxygens (including phenoxy) is 1. The molecule has 0 aliphatic carbocycles. The van der Waals surface area contributed by atoms with Gasteiger partial charge in [-0.2, -0.15) is 0 Å². The molecule has 0 saturated heterocycles. The number of carbonyl (C=O) groups excluding carboxylic acids is 1. The molecule has 0 aromatic heterocycles. The van der Waals surface area contributed by atoms with Gasteiger partial charge in [0.25, 0.3) is 0 Å². The molecule has 1 N–H and O–H groups in total. The van der Waals surface area contributed by atoms with Crippen molar-refractivity contribution >= 4 is 5.78 Å². The minimum absolute atomic E-state index is 0.167. The summed E-state index contributed by atoms with van der Waals surface area (Å²) < 4.78 is 6.37. The highest BCUT2D eigenvalue weighted by atomic mass is 16.5. The largest absolute Gasteiger partial charge is 0.508 e. The van der Waals surface area contributed by atoms with Gasteiger partial charge >= 0.3 is 0 Å². The Morgan fingerprint density at radius 1 is 1.13 bits per heavy atom. The van der Waals surface area contributed by atoms with Crippen LogP contribution in [0.5, 0.6) is 11.5 Å². The number of carbonyl (C=O) groups is 1. The Hall–Kier alpha value is -2.29. The van der Waals surface area contributed by atoms with Gasteiger partial charge in [0.15, 0.2) is 5.78 Å². The number of fused-ring (bicyclic) bond motifs is 1. The number of allylic oxidation sites excluding steroid dienone is 6. The molecule has 30 heavy (non-hydrogen) atoms. The molecule has 2 rings (SSSR count). The maximum atomic E-state index is 12.1. The molecule has 0 saturated carbocycles. The molecule has 1 aromatic carbocycles. The van der Waals surface area contributed by atoms with Gasteiger partial charge in [-0.3, -0.25) is 4.79 Å². The number of phenols is 1. The zero-order valence-electron chi connectivity index (χ0n) is 19.6. The lowest BCUT2D eigenvalue weighted by Crippen LogP contribution is -2.36. The molecule has 1 atom stereocenters. The molecule has 0 unspecified atom stereocenters. The van der Waals surface area contributed by atoms with Gasteiger partial charge in [0.05, 0.1) is 0 Å². The molecule has 0 bridgehead atoms. The number of hydrogen-bond acceptors (Lipinski definition) is 3. The van der Waals surface area contributed by atoms with Gasteiger partial charge in [-0.1, -0.05) is 29.4 Å². The van der Waals surface area contributed by atoms with E-state index in [9.17, 15) is 9.90 Å². The Labute approximate surface area is 182 Å². The molecule has 0 fully saturated rings. The zero-order chi connectivity index (χ0) is 22.3. The molecule has 1 aliphatic heterocycles. The summed E-state index contributed by atoms with van der Waals surface area (Å²) in [5, 5.41) is 9.80. The molecule has 164 valence electrons. The van der Waals surface area contributed by atoms with Crippen molar-refractivity contribution in [2.45, 2.75) is 92.1 Å². The van der Waals surface area contributed by atoms with Crippen LogP contribution in [0.1, 0.15) is 84.3 Å². The second-order valence-electron chi connectivity index (χ2n) is 9.23. The van der Waals surface area contributed by atoms with Crippen molar-refractivity contribution in [2.75, 3.05) is 0 Å². The van der Waals surface area contributed by atoms with Crippen LogP contribution in [0.15, 0.2) is 47.1 Å². The zero-order valence-corrected chi connectivity index (χ0v) is 19.6. The maximum absolute atomic E-state index is 12.1. The Balaban J connectivity index is 1.83. The van der Waals surface area contributed by atoms with E-state index in [1.807, 2.05) is 39.8 Å². The standard InChI is InChI=1S/C27H38O3/c1-19(2)12-13-25(29)21(4)11-7-9-20(3)10-8-15-27(6)16-14-23-18-24(28)17-22(5)26(23)30-27/h10-12,17-18,28H,7-9,13-16H2,1-6H3/b20-10+,21-11+/t27-/m1/s1. The molecule has 3 nitrogen and oxygen atoms in total. The van der Waals surface area contributed by atoms with E-state index in [0.717, 1.165) is 61.0 Å². The average molecular weight is 411 g/mol. The van der Waals surface area contributed by atoms with Crippen molar-refractivity contribution in [3.63, 3.8) is 0 Å². The minimum Gasteiger partial charge on any atom is -0.508 e. The molecule has 1 aliphatic rings. The van der Waals surface area contributed by atoms with Crippen molar-refractivity contribution in [3.8, 4) is 11.5 Å². The fourth-order valence-corrected chi connectivity index (χ4v) is 3.84. The van der Waals surface area contributed by atoms with Crippen molar-refractivity contribution in [1.82, 2.24) is 0 Å². The first-order valence-electron chi connectivity index (χ1n) is 11.1. The highest BCUT2D eigenvalue weighted by Gasteiger charge is 2.31. The fraction of sp³-hybridized carbons (Fsp3) is 0.519. The van der Waals surface area contributed by atoms with Gasteiger partial charge in [0, 0.05) is 6.42 Å². The summed E-state index contributed by atoms with van der Waals surface area (Å²) in [6.45, 7) is 12.3. The second-order valence-corrected chi connectivity index (χ2v) is 9.23. The maximum Gasteiger partial charge on any atom is 0.162 e. The summed E-state index contributed by atoms with van der Waals surface area (Å²) in [7, 11) is 0. The Morgan fingerprint density at radius 3 is 2.57 bits per heavy atom. The summed E-state index contributed by atoms with van der Waals surface area (Å²) in [5.74, 6) is 1.48. The van der Waals surface area contributed by atoms with Crippen LogP contribution >= 0.6 is 0 Å². The van der Waals surface area contributed by atoms with Gasteiger partial charge < -0.3 is 9.84 Å². The normalized spacial score (nSPS) is 19.1. The lowest BCUT2D eigenvalue weighted by molar-refractivity contribution is -0.114. The van der Waals surface area contributed by atoms with Gasteiger partial charge in [-0.25, -0.2) is 0 Å². The van der Waals surface area contributed by atoms with Crippen molar-refractivity contribution in [3.05, 3.63) is 58.2 Å². The lowest BCUT2D eigenvalue weighted by atomic mass is 9.87. The highest BCUT2D eigenvalue weighted by Crippen LogP contribution is 2.39. The van der Waals surface area contributed by atoms with Crippen LogP contribution in [-0.4, -0.2) is 16.5 Å². The van der Waals surface area contributed by atoms with Gasteiger partial charge in [0.2, 0.25) is 0 Å². The summed E-state index contributed by atoms with van der Waals surface area (Å²) in [5.41, 5.74) is 5.35. The summed E-state index contributed by atoms with van der Waals surface area (Å²) in [4.78, 5) is 12.1. The van der Waals surface area contributed by atoms with Crippen LogP contribution in [0.25, 0.3) is 0 Å². The third kappa shape index (κ3) is 7.19. The smallest absolute Gasteiger partial charge is 0.162 e. The number of aryl methyl sites for hydroxylation is 2. The SMILES string of the molecule is CC(C)=CCC(=O)/C(C)=C/CC/C(C)=C/CC[C@]1(C)CCc2cc(O)cc(C)c2O1. The molecule has 0 amide bonds. The lowest BCUT2D eigenvalue weighted by Gasteiger charge is -2.36. The summed E-state index contributed by atoms with van der Waals surface area (Å²) in [6, 6.07) is 3.60. The van der Waals surface area contributed by atoms with E-state index in [0.29, 0.717) is 12.2 Å². The van der Waals surface area contributed by atoms with E-state index in [1.165, 1.54) is 11.1 Å². The molecule has 0 radical (unpaired) electrons. The van der Waals surface area contributed by atoms with E-state index in [-0.39, 0.29) is 11.4 Å². The van der Waals surface area contributed by atoms with Crippen LogP contribution < -0.4 is 4.74 Å². The van der Waals surface area contributed by atoms with Gasteiger partial charge in [-0.15, -0.1) is 0 Å². The third-order valence-corrected chi connectivity index (χ3v) is 5.90. The van der Waals surface area contributed by atoms with E-state index in [2.05, 4.69) is 26.0 Å². The van der Waals surface area contributed by atoms with Crippen molar-refractivity contribution in [2.24, 2.45) is 0 Å². The first-order valence-corrected chi connectivity index (χ1v) is 11.1. The van der Waals surface area contributed by atoms with Crippen LogP contribution in [0.2, 0.25) is 0 Å². The number of rotatable bonds is 9. The summed E-state index contributed by atoms with van der Waals surface area (Å²) >= 11 is 0. The van der Waals surface area contributed by atoms with Gasteiger partial charge in [0.1, 0.15) is 17.1 Å². The molecular formula is C27H38O3. The second kappa shape index (κ2) is 10.7. The molecular weight excluding hydrogens is 372 g/mol. The Bertz CT molecular complexity index is 853. The quantitative estimate of drug-likeness (QED) is 0.347. The fourth-order valence-electron chi connectivity index (χ4n) is 3.84. The first kappa shape index (κ1) is 24.0. The van der Waals surface area contributed by atoms with Crippen LogP contribution in [0.3, 0.4) is 0 Å². The number of hydrogen-bond donors (Lipinski definition) is 1. The first-order chi connectivity index (χ1) is 14.1. The number of Topliss-reactive ketones (excluding diaryl/α,β-unsaturated/α-hetero) is 1.